The summed E-state index contributed by atoms with van der Waals surface area (Å²) >= 11 is 0. The van der Waals surface area contributed by atoms with Crippen molar-refractivity contribution in [3.63, 3.8) is 0 Å². The van der Waals surface area contributed by atoms with Crippen LogP contribution in [0.2, 0.25) is 0 Å². The minimum absolute atomic E-state index is 0.244. The van der Waals surface area contributed by atoms with Gasteiger partial charge in [-0.3, -0.25) is 4.18 Å². The molecule has 1 aliphatic rings. The number of halogens is 3. The molecule has 0 aromatic carbocycles. The molecule has 1 fully saturated rings. The highest BCUT2D eigenvalue weighted by Crippen LogP contribution is 2.34. The summed E-state index contributed by atoms with van der Waals surface area (Å²) < 4.78 is 60.0. The van der Waals surface area contributed by atoms with Gasteiger partial charge in [0.25, 0.3) is 0 Å². The second-order valence-electron chi connectivity index (χ2n) is 3.19. The van der Waals surface area contributed by atoms with Crippen molar-refractivity contribution in [1.82, 2.24) is 0 Å². The van der Waals surface area contributed by atoms with Crippen LogP contribution in [-0.4, -0.2) is 20.0 Å². The second-order valence-corrected chi connectivity index (χ2v) is 4.76. The van der Waals surface area contributed by atoms with Gasteiger partial charge in [-0.25, -0.2) is 0 Å². The molecular weight excluding hydrogens is 209 g/mol. The first-order valence-electron chi connectivity index (χ1n) is 3.72. The molecule has 0 N–H and O–H groups in total. The summed E-state index contributed by atoms with van der Waals surface area (Å²) in [6.45, 7) is 1.82. The lowest BCUT2D eigenvalue weighted by atomic mass is 9.84. The van der Waals surface area contributed by atoms with Crippen LogP contribution in [0.1, 0.15) is 19.8 Å². The van der Waals surface area contributed by atoms with Crippen molar-refractivity contribution >= 4 is 10.1 Å². The Morgan fingerprint density at radius 1 is 1.31 bits per heavy atom. The maximum absolute atomic E-state index is 11.7. The largest absolute Gasteiger partial charge is 0.523 e. The zero-order chi connectivity index (χ0) is 10.3. The van der Waals surface area contributed by atoms with Gasteiger partial charge in [0.1, 0.15) is 0 Å². The monoisotopic (exact) mass is 218 g/mol. The Bertz CT molecular complexity index is 276. The maximum Gasteiger partial charge on any atom is 0.523 e. The lowest BCUT2D eigenvalue weighted by Gasteiger charge is -2.31. The van der Waals surface area contributed by atoms with Crippen molar-refractivity contribution in [3.05, 3.63) is 0 Å². The van der Waals surface area contributed by atoms with Crippen LogP contribution in [0.15, 0.2) is 0 Å². The average molecular weight is 218 g/mol. The van der Waals surface area contributed by atoms with E-state index in [2.05, 4.69) is 4.18 Å². The van der Waals surface area contributed by atoms with E-state index >= 15 is 0 Å². The van der Waals surface area contributed by atoms with Gasteiger partial charge in [0, 0.05) is 0 Å². The molecule has 3 nitrogen and oxygen atoms in total. The molecule has 0 saturated heterocycles. The molecule has 0 aliphatic heterocycles. The van der Waals surface area contributed by atoms with Gasteiger partial charge in [0.15, 0.2) is 0 Å². The lowest BCUT2D eigenvalue weighted by molar-refractivity contribution is -0.0627. The summed E-state index contributed by atoms with van der Waals surface area (Å²) in [6, 6.07) is 0. The van der Waals surface area contributed by atoms with Gasteiger partial charge in [0.2, 0.25) is 0 Å². The third-order valence-electron chi connectivity index (χ3n) is 1.88. The van der Waals surface area contributed by atoms with Crippen molar-refractivity contribution < 1.29 is 25.8 Å². The molecular formula is C6H9F3O3S. The molecule has 78 valence electrons. The van der Waals surface area contributed by atoms with E-state index in [4.69, 9.17) is 0 Å². The fourth-order valence-electron chi connectivity index (χ4n) is 1.14. The molecule has 0 bridgehead atoms. The molecule has 0 atom stereocenters. The maximum atomic E-state index is 11.7. The van der Waals surface area contributed by atoms with Crippen LogP contribution in [0.5, 0.6) is 0 Å². The quantitative estimate of drug-likeness (QED) is 0.523. The van der Waals surface area contributed by atoms with E-state index in [9.17, 15) is 21.6 Å². The van der Waals surface area contributed by atoms with Crippen LogP contribution < -0.4 is 0 Å². The Morgan fingerprint density at radius 3 is 2.08 bits per heavy atom. The molecule has 1 rings (SSSR count). The normalized spacial score (nSPS) is 29.8. The Labute approximate surface area is 74.0 Å². The Kier molecular flexibility index (Phi) is 2.59. The zero-order valence-electron chi connectivity index (χ0n) is 6.84. The summed E-state index contributed by atoms with van der Waals surface area (Å²) in [5.41, 5.74) is -5.30. The van der Waals surface area contributed by atoms with E-state index in [-0.39, 0.29) is 5.92 Å². The van der Waals surface area contributed by atoms with Crippen LogP contribution in [-0.2, 0) is 14.3 Å². The van der Waals surface area contributed by atoms with Crippen molar-refractivity contribution in [2.45, 2.75) is 31.4 Å². The Morgan fingerprint density at radius 2 is 1.77 bits per heavy atom. The summed E-state index contributed by atoms with van der Waals surface area (Å²) in [6.07, 6.45) is -0.0495. The van der Waals surface area contributed by atoms with Crippen LogP contribution in [0.4, 0.5) is 13.2 Å². The lowest BCUT2D eigenvalue weighted by Crippen LogP contribution is -2.36. The topological polar surface area (TPSA) is 43.4 Å². The van der Waals surface area contributed by atoms with Gasteiger partial charge < -0.3 is 0 Å². The Balaban J connectivity index is 2.54. The Hall–Kier alpha value is -0.300. The molecule has 1 aliphatic carbocycles. The number of rotatable bonds is 2. The van der Waals surface area contributed by atoms with Crippen LogP contribution in [0.3, 0.4) is 0 Å². The number of hydrogen-bond acceptors (Lipinski definition) is 3. The summed E-state index contributed by atoms with van der Waals surface area (Å²) in [5, 5.41) is 0. The van der Waals surface area contributed by atoms with E-state index in [0.717, 1.165) is 0 Å². The molecule has 0 amide bonds. The molecule has 7 heteroatoms. The molecule has 13 heavy (non-hydrogen) atoms. The highest BCUT2D eigenvalue weighted by Gasteiger charge is 2.49. The van der Waals surface area contributed by atoms with E-state index < -0.39 is 21.7 Å². The third kappa shape index (κ3) is 2.34. The highest BCUT2D eigenvalue weighted by atomic mass is 32.2. The molecule has 0 unspecified atom stereocenters. The van der Waals surface area contributed by atoms with E-state index in [1.54, 1.807) is 0 Å². The molecule has 0 aromatic rings. The van der Waals surface area contributed by atoms with E-state index in [0.29, 0.717) is 12.8 Å². The van der Waals surface area contributed by atoms with Gasteiger partial charge in [0.05, 0.1) is 6.10 Å². The predicted octanol–water partition coefficient (Wildman–Crippen LogP) is 1.65. The molecule has 0 aromatic heterocycles. The van der Waals surface area contributed by atoms with Crippen molar-refractivity contribution in [2.75, 3.05) is 0 Å². The molecule has 0 spiro atoms. The van der Waals surface area contributed by atoms with E-state index in [1.165, 1.54) is 0 Å². The highest BCUT2D eigenvalue weighted by molar-refractivity contribution is 7.87. The zero-order valence-corrected chi connectivity index (χ0v) is 7.65. The van der Waals surface area contributed by atoms with Crippen LogP contribution >= 0.6 is 0 Å². The number of alkyl halides is 3. The van der Waals surface area contributed by atoms with Gasteiger partial charge in [-0.05, 0) is 18.8 Å². The molecule has 0 heterocycles. The van der Waals surface area contributed by atoms with Crippen molar-refractivity contribution in [1.29, 1.82) is 0 Å². The summed E-state index contributed by atoms with van der Waals surface area (Å²) in [5.74, 6) is 0.244. The molecule has 1 saturated carbocycles. The minimum Gasteiger partial charge on any atom is -0.260 e. The van der Waals surface area contributed by atoms with Crippen LogP contribution in [0.25, 0.3) is 0 Å². The van der Waals surface area contributed by atoms with Crippen molar-refractivity contribution in [3.8, 4) is 0 Å². The summed E-state index contributed by atoms with van der Waals surface area (Å²) in [7, 11) is -5.38. The first kappa shape index (κ1) is 10.8. The van der Waals surface area contributed by atoms with Gasteiger partial charge in [-0.15, -0.1) is 0 Å². The predicted molar refractivity (Wildman–Crippen MR) is 38.2 cm³/mol. The minimum atomic E-state index is -5.38. The van der Waals surface area contributed by atoms with E-state index in [1.807, 2.05) is 6.92 Å². The smallest absolute Gasteiger partial charge is 0.260 e. The van der Waals surface area contributed by atoms with Gasteiger partial charge in [-0.1, -0.05) is 6.92 Å². The average Bonchev–Trinajstić information content (AvgIpc) is 1.80. The van der Waals surface area contributed by atoms with Crippen molar-refractivity contribution in [2.24, 2.45) is 5.92 Å². The molecule has 0 radical (unpaired) electrons. The third-order valence-corrected chi connectivity index (χ3v) is 2.97. The fourth-order valence-corrected chi connectivity index (χ4v) is 1.77. The SMILES string of the molecule is CC1CC(OS(=O)(=O)C(F)(F)F)C1. The van der Waals surface area contributed by atoms with Gasteiger partial charge >= 0.3 is 15.6 Å². The first-order valence-corrected chi connectivity index (χ1v) is 5.13. The summed E-state index contributed by atoms with van der Waals surface area (Å²) in [4.78, 5) is 0. The second kappa shape index (κ2) is 3.13. The standard InChI is InChI=1S/C6H9F3O3S/c1-4-2-5(3-4)12-13(10,11)6(7,8)9/h4-5H,2-3H2,1H3. The fraction of sp³-hybridized carbons (Fsp3) is 1.00. The first-order chi connectivity index (χ1) is 5.72. The van der Waals surface area contributed by atoms with Gasteiger partial charge in [-0.2, -0.15) is 21.6 Å². The number of hydrogen-bond donors (Lipinski definition) is 0. The van der Waals surface area contributed by atoms with Crippen LogP contribution in [0, 0.1) is 5.92 Å².